The van der Waals surface area contributed by atoms with Crippen molar-refractivity contribution < 1.29 is 24.2 Å². The van der Waals surface area contributed by atoms with Gasteiger partial charge in [0.2, 0.25) is 12.8 Å². The summed E-state index contributed by atoms with van der Waals surface area (Å²) in [6.07, 6.45) is 5.08. The predicted octanol–water partition coefficient (Wildman–Crippen LogP) is 4.14. The molecule has 0 radical (unpaired) electrons. The van der Waals surface area contributed by atoms with E-state index in [0.29, 0.717) is 57.5 Å². The summed E-state index contributed by atoms with van der Waals surface area (Å²) < 4.78 is 5.54. The van der Waals surface area contributed by atoms with Gasteiger partial charge < -0.3 is 31.1 Å². The van der Waals surface area contributed by atoms with Gasteiger partial charge in [0, 0.05) is 64.2 Å². The monoisotopic (exact) mass is 666 g/mol. The molecular weight excluding hydrogens is 629 g/mol. The SMILES string of the molecule is CC(=C(CCO)SSC(CCOC(=O)c1ccccc1)=C(C)N(C=O)Cc1cnc(C)nc1N)N(C=O)Cc1cnc(C)nc1N. The molecule has 2 heterocycles. The molecule has 0 bridgehead atoms. The molecule has 0 atom stereocenters. The third kappa shape index (κ3) is 10.3. The minimum absolute atomic E-state index is 0.0433. The minimum Gasteiger partial charge on any atom is -0.462 e. The molecule has 0 fully saturated rings. The summed E-state index contributed by atoms with van der Waals surface area (Å²) in [6, 6.07) is 8.65. The Morgan fingerprint density at radius 1 is 0.848 bits per heavy atom. The molecule has 2 aromatic heterocycles. The van der Waals surface area contributed by atoms with Crippen molar-refractivity contribution in [1.29, 1.82) is 0 Å². The van der Waals surface area contributed by atoms with Crippen LogP contribution in [0, 0.1) is 13.8 Å². The van der Waals surface area contributed by atoms with Gasteiger partial charge in [-0.15, -0.1) is 0 Å². The van der Waals surface area contributed by atoms with Crippen LogP contribution in [0.2, 0.25) is 0 Å². The summed E-state index contributed by atoms with van der Waals surface area (Å²) in [4.78, 5) is 58.2. The number of hydrogen-bond acceptors (Lipinski definition) is 13. The Morgan fingerprint density at radius 2 is 1.33 bits per heavy atom. The van der Waals surface area contributed by atoms with Crippen molar-refractivity contribution in [2.75, 3.05) is 24.7 Å². The van der Waals surface area contributed by atoms with Gasteiger partial charge in [0.05, 0.1) is 25.3 Å². The molecule has 1 aromatic carbocycles. The van der Waals surface area contributed by atoms with Crippen LogP contribution in [0.5, 0.6) is 0 Å². The molecule has 0 saturated carbocycles. The second-order valence-corrected chi connectivity index (χ2v) is 12.4. The lowest BCUT2D eigenvalue weighted by Crippen LogP contribution is -2.22. The maximum atomic E-state index is 12.6. The average molecular weight is 667 g/mol. The van der Waals surface area contributed by atoms with Gasteiger partial charge in [-0.3, -0.25) is 9.59 Å². The zero-order valence-electron chi connectivity index (χ0n) is 26.2. The molecular formula is C31H38N8O5S2. The van der Waals surface area contributed by atoms with E-state index in [4.69, 9.17) is 16.2 Å². The summed E-state index contributed by atoms with van der Waals surface area (Å²) in [5.74, 6) is 1.11. The fraction of sp³-hybridized carbons (Fsp3) is 0.323. The number of amides is 2. The van der Waals surface area contributed by atoms with Gasteiger partial charge in [0.15, 0.2) is 0 Å². The van der Waals surface area contributed by atoms with E-state index in [0.717, 1.165) is 4.91 Å². The summed E-state index contributed by atoms with van der Waals surface area (Å²) in [7, 11) is 2.66. The van der Waals surface area contributed by atoms with E-state index in [9.17, 15) is 19.5 Å². The van der Waals surface area contributed by atoms with Crippen LogP contribution in [0.15, 0.2) is 63.9 Å². The number of nitrogens with two attached hydrogens (primary N) is 2. The number of anilines is 2. The van der Waals surface area contributed by atoms with Crippen molar-refractivity contribution in [3.63, 3.8) is 0 Å². The van der Waals surface area contributed by atoms with Gasteiger partial charge in [0.25, 0.3) is 0 Å². The first-order valence-corrected chi connectivity index (χ1v) is 16.4. The number of aryl methyl sites for hydroxylation is 2. The van der Waals surface area contributed by atoms with Crippen LogP contribution < -0.4 is 11.5 Å². The van der Waals surface area contributed by atoms with E-state index in [1.54, 1.807) is 64.4 Å². The number of rotatable bonds is 17. The zero-order chi connectivity index (χ0) is 33.6. The molecule has 13 nitrogen and oxygen atoms in total. The van der Waals surface area contributed by atoms with Crippen LogP contribution in [0.4, 0.5) is 11.6 Å². The van der Waals surface area contributed by atoms with Crippen LogP contribution in [0.3, 0.4) is 0 Å². The lowest BCUT2D eigenvalue weighted by Gasteiger charge is -2.24. The van der Waals surface area contributed by atoms with Crippen molar-refractivity contribution >= 4 is 52.0 Å². The number of carbonyl (C=O) groups excluding carboxylic acids is 3. The number of nitrogens with zero attached hydrogens (tertiary/aromatic N) is 6. The number of hydrogen-bond donors (Lipinski definition) is 3. The maximum absolute atomic E-state index is 12.6. The Bertz CT molecular complexity index is 1590. The van der Waals surface area contributed by atoms with Crippen LogP contribution in [0.1, 0.15) is 59.8 Å². The third-order valence-electron chi connectivity index (χ3n) is 6.80. The van der Waals surface area contributed by atoms with Gasteiger partial charge in [0.1, 0.15) is 23.3 Å². The number of allylic oxidation sites excluding steroid dienone is 2. The van der Waals surface area contributed by atoms with E-state index in [-0.39, 0.29) is 50.8 Å². The number of aliphatic hydroxyl groups is 1. The molecule has 0 aliphatic rings. The lowest BCUT2D eigenvalue weighted by atomic mass is 10.2. The molecule has 0 unspecified atom stereocenters. The molecule has 5 N–H and O–H groups in total. The van der Waals surface area contributed by atoms with Gasteiger partial charge in [-0.1, -0.05) is 39.8 Å². The largest absolute Gasteiger partial charge is 0.462 e. The van der Waals surface area contributed by atoms with Gasteiger partial charge in [-0.25, -0.2) is 24.7 Å². The van der Waals surface area contributed by atoms with Crippen molar-refractivity contribution in [3.8, 4) is 0 Å². The predicted molar refractivity (Wildman–Crippen MR) is 179 cm³/mol. The Morgan fingerprint density at radius 3 is 1.76 bits per heavy atom. The van der Waals surface area contributed by atoms with E-state index >= 15 is 0 Å². The third-order valence-corrected chi connectivity index (χ3v) is 9.74. The van der Waals surface area contributed by atoms with E-state index in [2.05, 4.69) is 19.9 Å². The highest BCUT2D eigenvalue weighted by atomic mass is 33.1. The lowest BCUT2D eigenvalue weighted by molar-refractivity contribution is -0.117. The summed E-state index contributed by atoms with van der Waals surface area (Å²) >= 11 is 0. The molecule has 0 saturated heterocycles. The fourth-order valence-corrected chi connectivity index (χ4v) is 6.93. The second-order valence-electron chi connectivity index (χ2n) is 10.0. The standard InChI is InChI=1S/C31H38N8O5S2/c1-20(38(18-41)16-25-14-34-22(3)36-29(25)32)27(10-12-40)45-46-28(11-13-44-31(43)24-8-6-5-7-9-24)21(2)39(19-42)17-26-15-35-23(4)37-30(26)33/h5-9,14-15,18-19,40H,10-13,16-17H2,1-4H3,(H2,32,34,36)(H2,33,35,37). The van der Waals surface area contributed by atoms with E-state index in [1.165, 1.54) is 31.4 Å². The zero-order valence-corrected chi connectivity index (χ0v) is 27.8. The van der Waals surface area contributed by atoms with Crippen molar-refractivity contribution in [2.24, 2.45) is 0 Å². The second kappa shape index (κ2) is 17.9. The minimum atomic E-state index is -0.468. The highest BCUT2D eigenvalue weighted by Crippen LogP contribution is 2.43. The number of aromatic nitrogens is 4. The summed E-state index contributed by atoms with van der Waals surface area (Å²) in [6.45, 7) is 7.14. The number of aliphatic hydroxyl groups excluding tert-OH is 1. The molecule has 0 aliphatic carbocycles. The van der Waals surface area contributed by atoms with Gasteiger partial charge in [-0.05, 0) is 39.8 Å². The van der Waals surface area contributed by atoms with Crippen LogP contribution in [0.25, 0.3) is 0 Å². The van der Waals surface area contributed by atoms with E-state index < -0.39 is 5.97 Å². The Hall–Kier alpha value is -4.47. The molecule has 0 aliphatic heterocycles. The molecule has 15 heteroatoms. The molecule has 244 valence electrons. The fourth-order valence-electron chi connectivity index (χ4n) is 4.09. The maximum Gasteiger partial charge on any atom is 0.338 e. The average Bonchev–Trinajstić information content (AvgIpc) is 3.04. The first kappa shape index (κ1) is 36.0. The number of carbonyl (C=O) groups is 3. The molecule has 3 rings (SSSR count). The van der Waals surface area contributed by atoms with Crippen molar-refractivity contribution in [3.05, 3.63) is 92.3 Å². The number of esters is 1. The van der Waals surface area contributed by atoms with E-state index in [1.807, 2.05) is 6.07 Å². The summed E-state index contributed by atoms with van der Waals surface area (Å²) in [5, 5.41) is 9.87. The summed E-state index contributed by atoms with van der Waals surface area (Å²) in [5.41, 5.74) is 14.9. The quantitative estimate of drug-likeness (QED) is 0.106. The first-order chi connectivity index (χ1) is 22.1. The van der Waals surface area contributed by atoms with Crippen LogP contribution >= 0.6 is 21.6 Å². The van der Waals surface area contributed by atoms with Crippen LogP contribution in [-0.2, 0) is 27.4 Å². The molecule has 46 heavy (non-hydrogen) atoms. The van der Waals surface area contributed by atoms with Crippen molar-refractivity contribution in [1.82, 2.24) is 29.7 Å². The number of benzene rings is 1. The highest BCUT2D eigenvalue weighted by Gasteiger charge is 2.19. The number of nitrogen functional groups attached to an aromatic ring is 2. The molecule has 3 aromatic rings. The smallest absolute Gasteiger partial charge is 0.338 e. The molecule has 0 spiro atoms. The Kier molecular flexibility index (Phi) is 14.0. The van der Waals surface area contributed by atoms with Crippen molar-refractivity contribution in [2.45, 2.75) is 53.6 Å². The normalized spacial score (nSPS) is 12.1. The number of ether oxygens (including phenoxy) is 1. The van der Waals surface area contributed by atoms with Gasteiger partial charge >= 0.3 is 5.97 Å². The Balaban J connectivity index is 1.89. The van der Waals surface area contributed by atoms with Gasteiger partial charge in [-0.2, -0.15) is 0 Å². The first-order valence-electron chi connectivity index (χ1n) is 14.2. The highest BCUT2D eigenvalue weighted by molar-refractivity contribution is 8.79. The van der Waals surface area contributed by atoms with Crippen LogP contribution in [-0.4, -0.2) is 66.8 Å². The topological polar surface area (TPSA) is 191 Å². The Labute approximate surface area is 275 Å². The molecule has 2 amide bonds.